The smallest absolute Gasteiger partial charge is 0.240 e. The van der Waals surface area contributed by atoms with Crippen molar-refractivity contribution in [1.82, 2.24) is 5.43 Å². The van der Waals surface area contributed by atoms with Crippen molar-refractivity contribution in [2.45, 2.75) is 46.0 Å². The molecule has 0 spiro atoms. The fourth-order valence-electron chi connectivity index (χ4n) is 1.67. The van der Waals surface area contributed by atoms with E-state index in [4.69, 9.17) is 28.7 Å². The summed E-state index contributed by atoms with van der Waals surface area (Å²) in [5.41, 5.74) is 29.2. The van der Waals surface area contributed by atoms with E-state index in [1.807, 2.05) is 0 Å². The molecule has 10 nitrogen and oxygen atoms in total. The number of hydrogen-bond donors (Lipinski definition) is 6. The van der Waals surface area contributed by atoms with Crippen LogP contribution in [0.2, 0.25) is 0 Å². The minimum Gasteiger partial charge on any atom is -0.370 e. The number of hydrogen-bond acceptors (Lipinski definition) is 2. The van der Waals surface area contributed by atoms with Crippen molar-refractivity contribution in [2.24, 2.45) is 54.7 Å². The SMILES string of the molecule is CC(C)CCCCCCN=C(N)/N=C(\N)N/N=C(\N)N=C(N)N. The summed E-state index contributed by atoms with van der Waals surface area (Å²) in [6.45, 7) is 5.08. The monoisotopic (exact) mass is 326 g/mol. The summed E-state index contributed by atoms with van der Waals surface area (Å²) in [5, 5.41) is 3.59. The molecule has 0 bridgehead atoms. The summed E-state index contributed by atoms with van der Waals surface area (Å²) in [6.07, 6.45) is 5.82. The maximum atomic E-state index is 5.64. The average Bonchev–Trinajstić information content (AvgIpc) is 2.43. The lowest BCUT2D eigenvalue weighted by Crippen LogP contribution is -2.33. The van der Waals surface area contributed by atoms with Crippen molar-refractivity contribution in [3.63, 3.8) is 0 Å². The molecule has 0 atom stereocenters. The van der Waals surface area contributed by atoms with Crippen LogP contribution in [-0.4, -0.2) is 30.4 Å². The Balaban J connectivity index is 4.05. The number of nitrogens with one attached hydrogen (secondary N) is 1. The van der Waals surface area contributed by atoms with Gasteiger partial charge in [-0.25, -0.2) is 5.43 Å². The van der Waals surface area contributed by atoms with Gasteiger partial charge in [0, 0.05) is 6.54 Å². The van der Waals surface area contributed by atoms with Gasteiger partial charge in [-0.3, -0.25) is 4.99 Å². The molecular weight excluding hydrogens is 296 g/mol. The highest BCUT2D eigenvalue weighted by Crippen LogP contribution is 2.09. The van der Waals surface area contributed by atoms with Crippen LogP contribution in [0.4, 0.5) is 0 Å². The van der Waals surface area contributed by atoms with Crippen LogP contribution in [0.3, 0.4) is 0 Å². The second kappa shape index (κ2) is 12.1. The number of rotatable bonds is 8. The minimum atomic E-state index is -0.210. The molecule has 0 aliphatic carbocycles. The van der Waals surface area contributed by atoms with E-state index in [1.165, 1.54) is 19.3 Å². The molecular formula is C13H30N10. The van der Waals surface area contributed by atoms with E-state index in [1.54, 1.807) is 0 Å². The lowest BCUT2D eigenvalue weighted by molar-refractivity contribution is 0.521. The highest BCUT2D eigenvalue weighted by Gasteiger charge is 1.96. The third-order valence-corrected chi connectivity index (χ3v) is 2.73. The second-order valence-corrected chi connectivity index (χ2v) is 5.45. The molecule has 0 amide bonds. The van der Waals surface area contributed by atoms with Gasteiger partial charge in [0.15, 0.2) is 5.96 Å². The van der Waals surface area contributed by atoms with Crippen LogP contribution < -0.4 is 34.1 Å². The zero-order valence-electron chi connectivity index (χ0n) is 14.0. The fraction of sp³-hybridized carbons (Fsp3) is 0.692. The van der Waals surface area contributed by atoms with Crippen LogP contribution in [0.15, 0.2) is 20.1 Å². The van der Waals surface area contributed by atoms with Crippen LogP contribution in [-0.2, 0) is 0 Å². The standard InChI is InChI=1S/C13H30N10/c1-9(2)7-5-3-4-6-8-19-11(16)21-13(18)23-22-12(17)20-10(14)15/h9H,3-8H2,1-2H3,(H6,14,15,17,20,22)(H5,16,18,19,21,23). The molecule has 10 heteroatoms. The van der Waals surface area contributed by atoms with Crippen LogP contribution in [0.1, 0.15) is 46.0 Å². The molecule has 0 unspecified atom stereocenters. The van der Waals surface area contributed by atoms with Crippen molar-refractivity contribution in [3.05, 3.63) is 0 Å². The van der Waals surface area contributed by atoms with Gasteiger partial charge < -0.3 is 28.7 Å². The maximum absolute atomic E-state index is 5.64. The first kappa shape index (κ1) is 20.5. The van der Waals surface area contributed by atoms with E-state index in [9.17, 15) is 0 Å². The Bertz CT molecular complexity index is 446. The summed E-state index contributed by atoms with van der Waals surface area (Å²) in [6, 6.07) is 0. The van der Waals surface area contributed by atoms with Crippen LogP contribution in [0.5, 0.6) is 0 Å². The minimum absolute atomic E-state index is 0.0584. The number of unbranched alkanes of at least 4 members (excludes halogenated alkanes) is 3. The Morgan fingerprint density at radius 3 is 2.13 bits per heavy atom. The predicted molar refractivity (Wildman–Crippen MR) is 96.6 cm³/mol. The van der Waals surface area contributed by atoms with E-state index in [0.29, 0.717) is 6.54 Å². The Hall–Kier alpha value is -2.52. The Morgan fingerprint density at radius 2 is 1.52 bits per heavy atom. The first-order valence-electron chi connectivity index (χ1n) is 7.64. The largest absolute Gasteiger partial charge is 0.370 e. The van der Waals surface area contributed by atoms with E-state index in [2.05, 4.69) is 39.4 Å². The van der Waals surface area contributed by atoms with Gasteiger partial charge in [0.25, 0.3) is 0 Å². The van der Waals surface area contributed by atoms with Crippen molar-refractivity contribution >= 4 is 23.8 Å². The van der Waals surface area contributed by atoms with E-state index >= 15 is 0 Å². The molecule has 11 N–H and O–H groups in total. The molecule has 23 heavy (non-hydrogen) atoms. The summed E-state index contributed by atoms with van der Waals surface area (Å²) in [7, 11) is 0. The summed E-state index contributed by atoms with van der Waals surface area (Å²) >= 11 is 0. The van der Waals surface area contributed by atoms with E-state index < -0.39 is 0 Å². The van der Waals surface area contributed by atoms with Gasteiger partial charge in [0.1, 0.15) is 0 Å². The van der Waals surface area contributed by atoms with Crippen LogP contribution in [0.25, 0.3) is 0 Å². The summed E-state index contributed by atoms with van der Waals surface area (Å²) in [5.74, 6) is 0.389. The molecule has 0 aromatic rings. The quantitative estimate of drug-likeness (QED) is 0.148. The molecule has 0 aliphatic heterocycles. The van der Waals surface area contributed by atoms with Gasteiger partial charge in [-0.15, -0.1) is 5.10 Å². The van der Waals surface area contributed by atoms with Gasteiger partial charge in [0.05, 0.1) is 0 Å². The predicted octanol–water partition coefficient (Wildman–Crippen LogP) is -0.685. The van der Waals surface area contributed by atoms with Gasteiger partial charge in [-0.2, -0.15) is 9.98 Å². The van der Waals surface area contributed by atoms with Crippen LogP contribution >= 0.6 is 0 Å². The first-order chi connectivity index (χ1) is 10.8. The number of nitrogens with two attached hydrogens (primary N) is 5. The molecule has 0 heterocycles. The van der Waals surface area contributed by atoms with Gasteiger partial charge in [-0.05, 0) is 12.3 Å². The lowest BCUT2D eigenvalue weighted by Gasteiger charge is -2.03. The summed E-state index contributed by atoms with van der Waals surface area (Å²) < 4.78 is 0. The maximum Gasteiger partial charge on any atom is 0.240 e. The van der Waals surface area contributed by atoms with Crippen molar-refractivity contribution in [3.8, 4) is 0 Å². The Labute approximate surface area is 137 Å². The molecule has 0 radical (unpaired) electrons. The fourth-order valence-corrected chi connectivity index (χ4v) is 1.67. The number of hydrazone groups is 1. The highest BCUT2D eigenvalue weighted by atomic mass is 15.4. The molecule has 0 fully saturated rings. The van der Waals surface area contributed by atoms with Crippen molar-refractivity contribution in [1.29, 1.82) is 0 Å². The summed E-state index contributed by atoms with van der Waals surface area (Å²) in [4.78, 5) is 11.4. The van der Waals surface area contributed by atoms with E-state index in [-0.39, 0.29) is 23.8 Å². The lowest BCUT2D eigenvalue weighted by atomic mass is 10.0. The third-order valence-electron chi connectivity index (χ3n) is 2.73. The third kappa shape index (κ3) is 14.2. The van der Waals surface area contributed by atoms with Crippen molar-refractivity contribution in [2.75, 3.05) is 6.54 Å². The van der Waals surface area contributed by atoms with Crippen LogP contribution in [0, 0.1) is 5.92 Å². The van der Waals surface area contributed by atoms with Gasteiger partial charge in [0.2, 0.25) is 17.9 Å². The zero-order valence-corrected chi connectivity index (χ0v) is 14.0. The van der Waals surface area contributed by atoms with Gasteiger partial charge >= 0.3 is 0 Å². The molecule has 0 saturated carbocycles. The van der Waals surface area contributed by atoms with E-state index in [0.717, 1.165) is 18.8 Å². The van der Waals surface area contributed by atoms with Crippen molar-refractivity contribution < 1.29 is 0 Å². The molecule has 132 valence electrons. The molecule has 0 aliphatic rings. The Morgan fingerprint density at radius 1 is 0.870 bits per heavy atom. The average molecular weight is 326 g/mol. The first-order valence-corrected chi connectivity index (χ1v) is 7.64. The topological polar surface area (TPSA) is 192 Å². The molecule has 0 aromatic heterocycles. The molecule has 0 rings (SSSR count). The number of guanidine groups is 4. The second-order valence-electron chi connectivity index (χ2n) is 5.45. The molecule has 0 saturated heterocycles. The number of nitrogens with zero attached hydrogens (tertiary/aromatic N) is 4. The molecule has 0 aromatic carbocycles. The highest BCUT2D eigenvalue weighted by molar-refractivity contribution is 5.95. The Kier molecular flexibility index (Phi) is 10.7. The number of aliphatic imine (C=N–C) groups is 3. The normalized spacial score (nSPS) is 13.3. The zero-order chi connectivity index (χ0) is 17.7. The van der Waals surface area contributed by atoms with Gasteiger partial charge in [-0.1, -0.05) is 39.5 Å².